The first-order valence-electron chi connectivity index (χ1n) is 8.71. The van der Waals surface area contributed by atoms with Gasteiger partial charge in [-0.1, -0.05) is 30.7 Å². The topological polar surface area (TPSA) is 58.1 Å². The van der Waals surface area contributed by atoms with Crippen LogP contribution in [0.5, 0.6) is 0 Å². The number of hydrogen-bond acceptors (Lipinski definition) is 4. The third kappa shape index (κ3) is 4.92. The van der Waals surface area contributed by atoms with E-state index in [-0.39, 0.29) is 5.91 Å². The van der Waals surface area contributed by atoms with Crippen LogP contribution in [0, 0.1) is 5.92 Å². The lowest BCUT2D eigenvalue weighted by atomic mass is 9.99. The molecule has 0 aliphatic carbocycles. The smallest absolute Gasteiger partial charge is 0.274 e. The van der Waals surface area contributed by atoms with Crippen molar-refractivity contribution in [3.63, 3.8) is 0 Å². The highest BCUT2D eigenvalue weighted by molar-refractivity contribution is 6.30. The van der Waals surface area contributed by atoms with Gasteiger partial charge in [0.2, 0.25) is 0 Å². The summed E-state index contributed by atoms with van der Waals surface area (Å²) in [5, 5.41) is 3.97. The first-order chi connectivity index (χ1) is 12.1. The molecule has 0 unspecified atom stereocenters. The van der Waals surface area contributed by atoms with E-state index in [4.69, 9.17) is 11.6 Å². The van der Waals surface area contributed by atoms with Gasteiger partial charge in [0.1, 0.15) is 11.5 Å². The Hall–Kier alpha value is -2.14. The van der Waals surface area contributed by atoms with Crippen LogP contribution < -0.4 is 5.32 Å². The van der Waals surface area contributed by atoms with Gasteiger partial charge in [0, 0.05) is 24.7 Å². The number of nitrogens with zero attached hydrogens (tertiary/aromatic N) is 3. The fourth-order valence-electron chi connectivity index (χ4n) is 2.89. The summed E-state index contributed by atoms with van der Waals surface area (Å²) in [6.45, 7) is 4.59. The molecule has 3 rings (SSSR count). The number of aromatic nitrogens is 2. The molecule has 25 heavy (non-hydrogen) atoms. The van der Waals surface area contributed by atoms with Gasteiger partial charge in [-0.25, -0.2) is 9.97 Å². The van der Waals surface area contributed by atoms with Crippen molar-refractivity contribution in [1.82, 2.24) is 14.9 Å². The molecule has 2 aromatic rings. The maximum atomic E-state index is 12.4. The van der Waals surface area contributed by atoms with E-state index in [0.717, 1.165) is 43.9 Å². The van der Waals surface area contributed by atoms with Crippen molar-refractivity contribution in [1.29, 1.82) is 0 Å². The Labute approximate surface area is 153 Å². The number of rotatable bonds is 5. The van der Waals surface area contributed by atoms with Crippen LogP contribution in [0.4, 0.5) is 5.82 Å². The van der Waals surface area contributed by atoms with Gasteiger partial charge in [-0.15, -0.1) is 0 Å². The van der Waals surface area contributed by atoms with E-state index in [1.807, 2.05) is 29.2 Å². The largest absolute Gasteiger partial charge is 0.368 e. The predicted molar refractivity (Wildman–Crippen MR) is 100.0 cm³/mol. The van der Waals surface area contributed by atoms with E-state index >= 15 is 0 Å². The summed E-state index contributed by atoms with van der Waals surface area (Å²) < 4.78 is 0. The minimum atomic E-state index is -0.0212. The number of benzene rings is 1. The van der Waals surface area contributed by atoms with E-state index in [2.05, 4.69) is 22.2 Å². The van der Waals surface area contributed by atoms with Crippen molar-refractivity contribution in [2.45, 2.75) is 26.2 Å². The van der Waals surface area contributed by atoms with Gasteiger partial charge in [0.25, 0.3) is 5.91 Å². The summed E-state index contributed by atoms with van der Waals surface area (Å²) in [6.07, 6.45) is 6.17. The van der Waals surface area contributed by atoms with Crippen molar-refractivity contribution in [2.24, 2.45) is 5.92 Å². The molecule has 1 N–H and O–H groups in total. The molecule has 6 heteroatoms. The number of carbonyl (C=O) groups is 1. The van der Waals surface area contributed by atoms with Crippen molar-refractivity contribution in [3.8, 4) is 0 Å². The zero-order chi connectivity index (χ0) is 17.6. The van der Waals surface area contributed by atoms with E-state index in [0.29, 0.717) is 17.4 Å². The summed E-state index contributed by atoms with van der Waals surface area (Å²) in [7, 11) is 0. The maximum Gasteiger partial charge on any atom is 0.274 e. The Kier molecular flexibility index (Phi) is 5.87. The Morgan fingerprint density at radius 2 is 1.92 bits per heavy atom. The zero-order valence-corrected chi connectivity index (χ0v) is 15.2. The van der Waals surface area contributed by atoms with Crippen LogP contribution in [0.25, 0.3) is 0 Å². The first-order valence-corrected chi connectivity index (χ1v) is 9.09. The molecule has 1 fully saturated rings. The van der Waals surface area contributed by atoms with Gasteiger partial charge in [-0.05, 0) is 42.9 Å². The third-order valence-corrected chi connectivity index (χ3v) is 4.83. The standard InChI is InChI=1S/C19H23ClN4O/c1-14-7-10-24(11-8-14)19(25)17-12-23-18(13-22-17)21-9-6-15-2-4-16(20)5-3-15/h2-5,12-14H,6-11H2,1H3,(H,21,23). The number of hydrogen-bond donors (Lipinski definition) is 1. The van der Waals surface area contributed by atoms with Gasteiger partial charge >= 0.3 is 0 Å². The molecule has 132 valence electrons. The molecule has 0 radical (unpaired) electrons. The van der Waals surface area contributed by atoms with Crippen LogP contribution in [0.3, 0.4) is 0 Å². The third-order valence-electron chi connectivity index (χ3n) is 4.57. The van der Waals surface area contributed by atoms with Crippen LogP contribution in [0.2, 0.25) is 5.02 Å². The van der Waals surface area contributed by atoms with Crippen LogP contribution in [0.1, 0.15) is 35.8 Å². The summed E-state index contributed by atoms with van der Waals surface area (Å²) in [5.74, 6) is 1.35. The number of halogens is 1. The molecule has 5 nitrogen and oxygen atoms in total. The molecule has 0 atom stereocenters. The molecular weight excluding hydrogens is 336 g/mol. The second kappa shape index (κ2) is 8.30. The van der Waals surface area contributed by atoms with Gasteiger partial charge in [-0.2, -0.15) is 0 Å². The van der Waals surface area contributed by atoms with Crippen LogP contribution >= 0.6 is 11.6 Å². The highest BCUT2D eigenvalue weighted by Crippen LogP contribution is 2.17. The number of anilines is 1. The monoisotopic (exact) mass is 358 g/mol. The summed E-state index contributed by atoms with van der Waals surface area (Å²) in [6, 6.07) is 7.80. The number of carbonyl (C=O) groups excluding carboxylic acids is 1. The average molecular weight is 359 g/mol. The first kappa shape index (κ1) is 17.7. The second-order valence-corrected chi connectivity index (χ2v) is 7.00. The van der Waals surface area contributed by atoms with Crippen molar-refractivity contribution in [3.05, 3.63) is 52.9 Å². The number of piperidine rings is 1. The van der Waals surface area contributed by atoms with Crippen molar-refractivity contribution in [2.75, 3.05) is 25.0 Å². The molecule has 0 saturated carbocycles. The van der Waals surface area contributed by atoms with E-state index < -0.39 is 0 Å². The van der Waals surface area contributed by atoms with E-state index in [9.17, 15) is 4.79 Å². The fraction of sp³-hybridized carbons (Fsp3) is 0.421. The molecule has 1 aromatic carbocycles. The minimum Gasteiger partial charge on any atom is -0.368 e. The highest BCUT2D eigenvalue weighted by Gasteiger charge is 2.22. The number of amides is 1. The summed E-state index contributed by atoms with van der Waals surface area (Å²) in [4.78, 5) is 22.9. The molecule has 1 aliphatic rings. The van der Waals surface area contributed by atoms with Gasteiger partial charge < -0.3 is 10.2 Å². The van der Waals surface area contributed by atoms with Gasteiger partial charge in [0.05, 0.1) is 12.4 Å². The van der Waals surface area contributed by atoms with E-state index in [1.54, 1.807) is 12.4 Å². The van der Waals surface area contributed by atoms with Crippen LogP contribution in [-0.2, 0) is 6.42 Å². The van der Waals surface area contributed by atoms with Crippen LogP contribution in [0.15, 0.2) is 36.7 Å². The molecule has 0 bridgehead atoms. The lowest BCUT2D eigenvalue weighted by Crippen LogP contribution is -2.38. The van der Waals surface area contributed by atoms with Crippen molar-refractivity contribution >= 4 is 23.3 Å². The quantitative estimate of drug-likeness (QED) is 0.886. The molecule has 1 aromatic heterocycles. The fourth-order valence-corrected chi connectivity index (χ4v) is 3.02. The number of likely N-dealkylation sites (tertiary alicyclic amines) is 1. The molecule has 1 saturated heterocycles. The SMILES string of the molecule is CC1CCN(C(=O)c2cnc(NCCc3ccc(Cl)cc3)cn2)CC1. The maximum absolute atomic E-state index is 12.4. The summed E-state index contributed by atoms with van der Waals surface area (Å²) in [5.41, 5.74) is 1.62. The van der Waals surface area contributed by atoms with Gasteiger partial charge in [-0.3, -0.25) is 4.79 Å². The molecule has 0 spiro atoms. The molecule has 1 aliphatic heterocycles. The second-order valence-electron chi connectivity index (χ2n) is 6.56. The minimum absolute atomic E-state index is 0.0212. The van der Waals surface area contributed by atoms with Gasteiger partial charge in [0.15, 0.2) is 0 Å². The molecular formula is C19H23ClN4O. The molecule has 1 amide bonds. The van der Waals surface area contributed by atoms with Crippen LogP contribution in [-0.4, -0.2) is 40.4 Å². The highest BCUT2D eigenvalue weighted by atomic mass is 35.5. The lowest BCUT2D eigenvalue weighted by Gasteiger charge is -2.29. The normalized spacial score (nSPS) is 15.2. The Morgan fingerprint density at radius 3 is 2.56 bits per heavy atom. The Morgan fingerprint density at radius 1 is 1.20 bits per heavy atom. The molecule has 2 heterocycles. The van der Waals surface area contributed by atoms with Crippen molar-refractivity contribution < 1.29 is 4.79 Å². The average Bonchev–Trinajstić information content (AvgIpc) is 2.64. The Bertz CT molecular complexity index is 694. The Balaban J connectivity index is 1.50. The number of nitrogens with one attached hydrogen (secondary N) is 1. The lowest BCUT2D eigenvalue weighted by molar-refractivity contribution is 0.0691. The summed E-state index contributed by atoms with van der Waals surface area (Å²) >= 11 is 5.88. The van der Waals surface area contributed by atoms with E-state index in [1.165, 1.54) is 5.56 Å². The zero-order valence-electron chi connectivity index (χ0n) is 14.4. The predicted octanol–water partition coefficient (Wildman–Crippen LogP) is 3.66.